The fourth-order valence-electron chi connectivity index (χ4n) is 3.78. The summed E-state index contributed by atoms with van der Waals surface area (Å²) in [7, 11) is 0. The summed E-state index contributed by atoms with van der Waals surface area (Å²) >= 11 is 0. The molecular weight excluding hydrogens is 206 g/mol. The molecule has 0 bridgehead atoms. The highest BCUT2D eigenvalue weighted by molar-refractivity contribution is 4.82. The minimum atomic E-state index is 0.510. The van der Waals surface area contributed by atoms with Gasteiger partial charge in [-0.3, -0.25) is 0 Å². The first-order valence-electron chi connectivity index (χ1n) is 7.81. The van der Waals surface area contributed by atoms with Crippen molar-refractivity contribution in [3.8, 4) is 0 Å². The van der Waals surface area contributed by atoms with Gasteiger partial charge in [-0.15, -0.1) is 0 Å². The van der Waals surface area contributed by atoms with Crippen LogP contribution in [0.2, 0.25) is 0 Å². The van der Waals surface area contributed by atoms with Crippen LogP contribution in [0.15, 0.2) is 0 Å². The van der Waals surface area contributed by atoms with Crippen LogP contribution < -0.4 is 0 Å². The molecule has 0 aromatic rings. The van der Waals surface area contributed by atoms with E-state index in [0.717, 1.165) is 12.0 Å². The molecule has 0 aromatic heterocycles. The van der Waals surface area contributed by atoms with Crippen molar-refractivity contribution in [1.29, 1.82) is 0 Å². The average molecular weight is 237 g/mol. The molecule has 17 heavy (non-hydrogen) atoms. The maximum absolute atomic E-state index is 2.81. The second kappa shape index (κ2) is 5.73. The van der Waals surface area contributed by atoms with E-state index in [1.165, 1.54) is 64.5 Å². The molecule has 0 aromatic carbocycles. The number of hydrogen-bond donors (Lipinski definition) is 0. The lowest BCUT2D eigenvalue weighted by atomic mass is 9.76. The standard InChI is InChI=1S/C16H31N/c1-16(2,3)14-8-4-5-9-15-10-6-7-12-17(15)13-11-14/h14-15H,4-13H2,1-3H3. The van der Waals surface area contributed by atoms with Crippen molar-refractivity contribution in [1.82, 2.24) is 4.90 Å². The van der Waals surface area contributed by atoms with Gasteiger partial charge in [-0.05, 0) is 56.5 Å². The number of fused-ring (bicyclic) bond motifs is 1. The largest absolute Gasteiger partial charge is 0.300 e. The second-order valence-electron chi connectivity index (χ2n) is 7.32. The molecule has 0 N–H and O–H groups in total. The van der Waals surface area contributed by atoms with Crippen LogP contribution in [0, 0.1) is 11.3 Å². The fraction of sp³-hybridized carbons (Fsp3) is 1.00. The molecule has 2 aliphatic rings. The third-order valence-electron chi connectivity index (χ3n) is 5.08. The van der Waals surface area contributed by atoms with E-state index in [1.54, 1.807) is 0 Å². The van der Waals surface area contributed by atoms with Gasteiger partial charge in [-0.1, -0.05) is 40.0 Å². The van der Waals surface area contributed by atoms with Crippen molar-refractivity contribution in [3.05, 3.63) is 0 Å². The summed E-state index contributed by atoms with van der Waals surface area (Å²) in [5.41, 5.74) is 0.510. The zero-order chi connectivity index (χ0) is 12.3. The molecule has 0 aliphatic carbocycles. The van der Waals surface area contributed by atoms with Crippen LogP contribution in [0.4, 0.5) is 0 Å². The van der Waals surface area contributed by atoms with E-state index in [9.17, 15) is 0 Å². The first-order valence-corrected chi connectivity index (χ1v) is 7.81. The smallest absolute Gasteiger partial charge is 0.00952 e. The predicted octanol–water partition coefficient (Wildman–Crippen LogP) is 4.47. The van der Waals surface area contributed by atoms with Gasteiger partial charge in [-0.2, -0.15) is 0 Å². The quantitative estimate of drug-likeness (QED) is 0.601. The van der Waals surface area contributed by atoms with Gasteiger partial charge in [0.2, 0.25) is 0 Å². The molecule has 2 fully saturated rings. The van der Waals surface area contributed by atoms with E-state index < -0.39 is 0 Å². The summed E-state index contributed by atoms with van der Waals surface area (Å²) in [4.78, 5) is 2.81. The fourth-order valence-corrected chi connectivity index (χ4v) is 3.78. The van der Waals surface area contributed by atoms with Crippen molar-refractivity contribution in [2.75, 3.05) is 13.1 Å². The van der Waals surface area contributed by atoms with Gasteiger partial charge in [0.15, 0.2) is 0 Å². The molecule has 2 saturated heterocycles. The Balaban J connectivity index is 1.96. The zero-order valence-electron chi connectivity index (χ0n) is 12.2. The highest BCUT2D eigenvalue weighted by Crippen LogP contribution is 2.35. The molecule has 0 saturated carbocycles. The van der Waals surface area contributed by atoms with Gasteiger partial charge in [0, 0.05) is 6.04 Å². The van der Waals surface area contributed by atoms with Gasteiger partial charge in [0.1, 0.15) is 0 Å². The highest BCUT2D eigenvalue weighted by atomic mass is 15.2. The van der Waals surface area contributed by atoms with Gasteiger partial charge in [-0.25, -0.2) is 0 Å². The van der Waals surface area contributed by atoms with Crippen LogP contribution in [0.1, 0.15) is 72.1 Å². The Kier molecular flexibility index (Phi) is 4.52. The van der Waals surface area contributed by atoms with Gasteiger partial charge >= 0.3 is 0 Å². The van der Waals surface area contributed by atoms with Crippen molar-refractivity contribution in [2.24, 2.45) is 11.3 Å². The van der Waals surface area contributed by atoms with Crippen molar-refractivity contribution in [3.63, 3.8) is 0 Å². The number of rotatable bonds is 0. The predicted molar refractivity (Wildman–Crippen MR) is 75.2 cm³/mol. The highest BCUT2D eigenvalue weighted by Gasteiger charge is 2.28. The molecule has 2 aliphatic heterocycles. The molecule has 1 heteroatoms. The number of piperidine rings is 1. The molecule has 2 unspecified atom stereocenters. The summed E-state index contributed by atoms with van der Waals surface area (Å²) in [6, 6.07) is 0.933. The second-order valence-corrected chi connectivity index (χ2v) is 7.32. The van der Waals surface area contributed by atoms with Crippen LogP contribution in [-0.4, -0.2) is 24.0 Å². The lowest BCUT2D eigenvalue weighted by Gasteiger charge is -2.37. The van der Waals surface area contributed by atoms with Crippen LogP contribution in [0.5, 0.6) is 0 Å². The van der Waals surface area contributed by atoms with E-state index in [2.05, 4.69) is 25.7 Å². The van der Waals surface area contributed by atoms with Crippen molar-refractivity contribution >= 4 is 0 Å². The first kappa shape index (κ1) is 13.4. The number of hydrogen-bond acceptors (Lipinski definition) is 1. The van der Waals surface area contributed by atoms with Gasteiger partial charge in [0.05, 0.1) is 0 Å². The topological polar surface area (TPSA) is 3.24 Å². The third-order valence-corrected chi connectivity index (χ3v) is 5.08. The summed E-state index contributed by atoms with van der Waals surface area (Å²) in [5.74, 6) is 0.933. The summed E-state index contributed by atoms with van der Waals surface area (Å²) < 4.78 is 0. The normalized spacial score (nSPS) is 33.4. The van der Waals surface area contributed by atoms with Crippen LogP contribution in [0.3, 0.4) is 0 Å². The Morgan fingerprint density at radius 2 is 1.41 bits per heavy atom. The Morgan fingerprint density at radius 3 is 2.12 bits per heavy atom. The van der Waals surface area contributed by atoms with Crippen molar-refractivity contribution < 1.29 is 0 Å². The molecule has 2 rings (SSSR count). The maximum atomic E-state index is 2.81. The molecule has 2 atom stereocenters. The average Bonchev–Trinajstić information content (AvgIpc) is 2.37. The lowest BCUT2D eigenvalue weighted by molar-refractivity contribution is 0.120. The Hall–Kier alpha value is -0.0400. The Morgan fingerprint density at radius 1 is 0.765 bits per heavy atom. The summed E-state index contributed by atoms with van der Waals surface area (Å²) in [5, 5.41) is 0. The Labute approximate surface area is 108 Å². The molecule has 0 spiro atoms. The molecule has 1 nitrogen and oxygen atoms in total. The summed E-state index contributed by atoms with van der Waals surface area (Å²) in [6.07, 6.45) is 11.7. The van der Waals surface area contributed by atoms with E-state index in [4.69, 9.17) is 0 Å². The molecule has 100 valence electrons. The monoisotopic (exact) mass is 237 g/mol. The minimum absolute atomic E-state index is 0.510. The zero-order valence-corrected chi connectivity index (χ0v) is 12.2. The molecule has 2 heterocycles. The SMILES string of the molecule is CC(C)(C)C1CCCCC2CCCCN2CC1. The number of nitrogens with zero attached hydrogens (tertiary/aromatic N) is 1. The minimum Gasteiger partial charge on any atom is -0.300 e. The van der Waals surface area contributed by atoms with Gasteiger partial charge in [0.25, 0.3) is 0 Å². The van der Waals surface area contributed by atoms with Crippen LogP contribution >= 0.6 is 0 Å². The maximum Gasteiger partial charge on any atom is 0.00952 e. The van der Waals surface area contributed by atoms with Gasteiger partial charge < -0.3 is 4.90 Å². The van der Waals surface area contributed by atoms with Crippen LogP contribution in [-0.2, 0) is 0 Å². The molecule has 0 radical (unpaired) electrons. The van der Waals surface area contributed by atoms with Crippen LogP contribution in [0.25, 0.3) is 0 Å². The molecular formula is C16H31N. The van der Waals surface area contributed by atoms with E-state index in [-0.39, 0.29) is 0 Å². The summed E-state index contributed by atoms with van der Waals surface area (Å²) in [6.45, 7) is 10.0. The van der Waals surface area contributed by atoms with E-state index in [0.29, 0.717) is 5.41 Å². The Bertz CT molecular complexity index is 228. The third kappa shape index (κ3) is 3.71. The van der Waals surface area contributed by atoms with E-state index >= 15 is 0 Å². The lowest BCUT2D eigenvalue weighted by Crippen LogP contribution is -2.40. The van der Waals surface area contributed by atoms with Crippen molar-refractivity contribution in [2.45, 2.75) is 78.2 Å². The first-order chi connectivity index (χ1) is 8.07. The molecule has 0 amide bonds. The van der Waals surface area contributed by atoms with E-state index in [1.807, 2.05) is 0 Å².